The summed E-state index contributed by atoms with van der Waals surface area (Å²) >= 11 is 0. The zero-order valence-electron chi connectivity index (χ0n) is 9.02. The maximum absolute atomic E-state index is 11.8. The van der Waals surface area contributed by atoms with E-state index < -0.39 is 0 Å². The Balaban J connectivity index is 2.19. The number of hydrogen-bond donors (Lipinski definition) is 0. The van der Waals surface area contributed by atoms with Crippen LogP contribution in [-0.4, -0.2) is 10.8 Å². The van der Waals surface area contributed by atoms with Crippen LogP contribution in [0.4, 0.5) is 0 Å². The Kier molecular flexibility index (Phi) is 2.21. The van der Waals surface area contributed by atoms with Crippen LogP contribution in [0.2, 0.25) is 0 Å². The number of ketones is 1. The number of aromatic nitrogens is 1. The van der Waals surface area contributed by atoms with E-state index in [4.69, 9.17) is 0 Å². The Morgan fingerprint density at radius 1 is 1.25 bits per heavy atom. The fraction of sp³-hybridized carbons (Fsp3) is 0.286. The summed E-state index contributed by atoms with van der Waals surface area (Å²) < 4.78 is 0. The largest absolute Gasteiger partial charge is 0.299 e. The predicted octanol–water partition coefficient (Wildman–Crippen LogP) is 3.07. The molecular weight excluding hydrogens is 198 g/mol. The van der Waals surface area contributed by atoms with Gasteiger partial charge in [-0.1, -0.05) is 18.2 Å². The van der Waals surface area contributed by atoms with Gasteiger partial charge in [-0.05, 0) is 29.9 Å². The van der Waals surface area contributed by atoms with Crippen molar-refractivity contribution in [3.63, 3.8) is 0 Å². The molecule has 1 unspecified atom stereocenters. The molecule has 2 nitrogen and oxygen atoms in total. The van der Waals surface area contributed by atoms with Crippen molar-refractivity contribution in [2.75, 3.05) is 0 Å². The summed E-state index contributed by atoms with van der Waals surface area (Å²) in [5.74, 6) is 0.510. The summed E-state index contributed by atoms with van der Waals surface area (Å²) in [6.07, 6.45) is 6.43. The van der Waals surface area contributed by atoms with Crippen LogP contribution in [0.15, 0.2) is 36.7 Å². The second-order valence-corrected chi connectivity index (χ2v) is 4.36. The predicted molar refractivity (Wildman–Crippen MR) is 63.3 cm³/mol. The number of carbonyl (C=O) groups excluding carboxylic acids is 1. The quantitative estimate of drug-likeness (QED) is 0.725. The van der Waals surface area contributed by atoms with Crippen molar-refractivity contribution in [1.29, 1.82) is 0 Å². The molecule has 0 spiro atoms. The highest BCUT2D eigenvalue weighted by atomic mass is 16.1. The molecule has 1 aromatic heterocycles. The highest BCUT2D eigenvalue weighted by Crippen LogP contribution is 2.34. The van der Waals surface area contributed by atoms with Crippen LogP contribution in [0, 0.1) is 0 Å². The van der Waals surface area contributed by atoms with Crippen molar-refractivity contribution < 1.29 is 4.79 Å². The smallest absolute Gasteiger partial charge is 0.140 e. The monoisotopic (exact) mass is 211 g/mol. The number of pyridine rings is 1. The molecule has 1 aromatic carbocycles. The molecule has 2 heteroatoms. The summed E-state index contributed by atoms with van der Waals surface area (Å²) in [5.41, 5.74) is 1.18. The molecule has 2 aromatic rings. The Morgan fingerprint density at radius 3 is 3.00 bits per heavy atom. The van der Waals surface area contributed by atoms with Gasteiger partial charge in [0.15, 0.2) is 0 Å². The minimum absolute atomic E-state index is 0.117. The van der Waals surface area contributed by atoms with Gasteiger partial charge in [-0.25, -0.2) is 0 Å². The first kappa shape index (κ1) is 9.52. The molecule has 0 aliphatic heterocycles. The molecule has 1 aliphatic rings. The molecule has 16 heavy (non-hydrogen) atoms. The number of hydrogen-bond acceptors (Lipinski definition) is 2. The van der Waals surface area contributed by atoms with E-state index in [9.17, 15) is 4.79 Å². The summed E-state index contributed by atoms with van der Waals surface area (Å²) in [4.78, 5) is 15.9. The molecule has 0 amide bonds. The topological polar surface area (TPSA) is 30.0 Å². The second-order valence-electron chi connectivity index (χ2n) is 4.36. The Morgan fingerprint density at radius 2 is 2.19 bits per heavy atom. The van der Waals surface area contributed by atoms with Crippen LogP contribution in [0.25, 0.3) is 10.8 Å². The molecule has 3 rings (SSSR count). The highest BCUT2D eigenvalue weighted by molar-refractivity contribution is 5.94. The van der Waals surface area contributed by atoms with E-state index in [1.807, 2.05) is 24.4 Å². The third kappa shape index (κ3) is 1.42. The van der Waals surface area contributed by atoms with Gasteiger partial charge in [0.25, 0.3) is 0 Å². The van der Waals surface area contributed by atoms with E-state index in [1.165, 1.54) is 10.9 Å². The van der Waals surface area contributed by atoms with Gasteiger partial charge in [0.1, 0.15) is 5.78 Å². The molecule has 0 N–H and O–H groups in total. The third-order valence-electron chi connectivity index (χ3n) is 3.39. The number of nitrogens with zero attached hydrogens (tertiary/aromatic N) is 1. The number of benzene rings is 1. The Hall–Kier alpha value is -1.70. The van der Waals surface area contributed by atoms with E-state index in [0.29, 0.717) is 5.78 Å². The molecule has 0 radical (unpaired) electrons. The Labute approximate surface area is 94.3 Å². The van der Waals surface area contributed by atoms with Crippen LogP contribution in [0.1, 0.15) is 30.7 Å². The lowest BCUT2D eigenvalue weighted by Gasteiger charge is -2.11. The van der Waals surface area contributed by atoms with Gasteiger partial charge in [-0.15, -0.1) is 0 Å². The molecule has 1 aliphatic carbocycles. The third-order valence-corrected chi connectivity index (χ3v) is 3.39. The van der Waals surface area contributed by atoms with Crippen LogP contribution >= 0.6 is 0 Å². The number of carbonyl (C=O) groups is 1. The van der Waals surface area contributed by atoms with Gasteiger partial charge in [-0.2, -0.15) is 0 Å². The first-order chi connectivity index (χ1) is 7.86. The van der Waals surface area contributed by atoms with Crippen molar-refractivity contribution in [2.24, 2.45) is 0 Å². The zero-order valence-corrected chi connectivity index (χ0v) is 9.02. The van der Waals surface area contributed by atoms with Gasteiger partial charge in [0.2, 0.25) is 0 Å². The molecule has 1 atom stereocenters. The molecular formula is C14H13NO. The standard InChI is InChI=1S/C14H13NO/c16-14-6-2-5-13(14)12-4-1-3-10-9-15-8-7-11(10)12/h1,3-4,7-9,13H,2,5-6H2. The highest BCUT2D eigenvalue weighted by Gasteiger charge is 2.26. The molecule has 0 saturated heterocycles. The Bertz CT molecular complexity index is 542. The van der Waals surface area contributed by atoms with E-state index >= 15 is 0 Å². The van der Waals surface area contributed by atoms with Crippen LogP contribution in [0.3, 0.4) is 0 Å². The fourth-order valence-electron chi connectivity index (χ4n) is 2.60. The van der Waals surface area contributed by atoms with Crippen molar-refractivity contribution in [3.8, 4) is 0 Å². The number of Topliss-reactive ketones (excluding diaryl/α,β-unsaturated/α-hetero) is 1. The van der Waals surface area contributed by atoms with E-state index in [1.54, 1.807) is 6.20 Å². The summed E-state index contributed by atoms with van der Waals surface area (Å²) in [6, 6.07) is 8.16. The first-order valence-corrected chi connectivity index (χ1v) is 5.71. The summed E-state index contributed by atoms with van der Waals surface area (Å²) in [5, 5.41) is 2.30. The van der Waals surface area contributed by atoms with Crippen molar-refractivity contribution in [2.45, 2.75) is 25.2 Å². The lowest BCUT2D eigenvalue weighted by atomic mass is 9.92. The maximum atomic E-state index is 11.8. The van der Waals surface area contributed by atoms with Gasteiger partial charge in [-0.3, -0.25) is 9.78 Å². The van der Waals surface area contributed by atoms with Crippen LogP contribution < -0.4 is 0 Å². The summed E-state index contributed by atoms with van der Waals surface area (Å²) in [7, 11) is 0. The van der Waals surface area contributed by atoms with Gasteiger partial charge < -0.3 is 0 Å². The van der Waals surface area contributed by atoms with E-state index in [-0.39, 0.29) is 5.92 Å². The molecule has 0 bridgehead atoms. The number of fused-ring (bicyclic) bond motifs is 1. The van der Waals surface area contributed by atoms with Crippen molar-refractivity contribution in [3.05, 3.63) is 42.2 Å². The minimum atomic E-state index is 0.117. The van der Waals surface area contributed by atoms with Crippen molar-refractivity contribution in [1.82, 2.24) is 4.98 Å². The molecule has 1 saturated carbocycles. The van der Waals surface area contributed by atoms with Gasteiger partial charge in [0.05, 0.1) is 0 Å². The second kappa shape index (κ2) is 3.71. The van der Waals surface area contributed by atoms with Crippen LogP contribution in [-0.2, 0) is 4.79 Å². The normalized spacial score (nSPS) is 20.5. The number of rotatable bonds is 1. The van der Waals surface area contributed by atoms with Gasteiger partial charge >= 0.3 is 0 Å². The minimum Gasteiger partial charge on any atom is -0.299 e. The maximum Gasteiger partial charge on any atom is 0.140 e. The summed E-state index contributed by atoms with van der Waals surface area (Å²) in [6.45, 7) is 0. The molecule has 80 valence electrons. The van der Waals surface area contributed by atoms with Crippen LogP contribution in [0.5, 0.6) is 0 Å². The van der Waals surface area contributed by atoms with Crippen molar-refractivity contribution >= 4 is 16.6 Å². The molecule has 1 heterocycles. The zero-order chi connectivity index (χ0) is 11.0. The average Bonchev–Trinajstić information content (AvgIpc) is 2.75. The van der Waals surface area contributed by atoms with E-state index in [2.05, 4.69) is 11.1 Å². The van der Waals surface area contributed by atoms with E-state index in [0.717, 1.165) is 24.6 Å². The lowest BCUT2D eigenvalue weighted by molar-refractivity contribution is -0.118. The first-order valence-electron chi connectivity index (χ1n) is 5.71. The SMILES string of the molecule is O=C1CCCC1c1cccc2cnccc12. The van der Waals surface area contributed by atoms with Gasteiger partial charge in [0, 0.05) is 30.1 Å². The lowest BCUT2D eigenvalue weighted by Crippen LogP contribution is -2.04. The fourth-order valence-corrected chi connectivity index (χ4v) is 2.60. The molecule has 1 fully saturated rings. The average molecular weight is 211 g/mol.